The Bertz CT molecular complexity index is 1030. The van der Waals surface area contributed by atoms with Crippen LogP contribution in [0.1, 0.15) is 38.8 Å². The largest absolute Gasteiger partial charge is 0.463 e. The van der Waals surface area contributed by atoms with Crippen molar-refractivity contribution in [2.45, 2.75) is 70.7 Å². The Labute approximate surface area is 211 Å². The monoisotopic (exact) mass is 559 g/mol. The SMILES string of the molecule is CC(=O)N[C@H]1[C@@H](Oc2cc(C(F)(F)F)cc(C(F)(F)F)c2)O[C@@H](COC(C)=O)[C@@H](OC(C)=O)[C@@H]1OC(C)=O. The molecule has 0 radical (unpaired) electrons. The molecule has 38 heavy (non-hydrogen) atoms. The second-order valence-corrected chi connectivity index (χ2v) is 8.08. The summed E-state index contributed by atoms with van der Waals surface area (Å²) < 4.78 is 106. The van der Waals surface area contributed by atoms with E-state index in [0.29, 0.717) is 0 Å². The quantitative estimate of drug-likeness (QED) is 0.305. The normalized spacial score (nSPS) is 23.7. The molecule has 0 bridgehead atoms. The number of ether oxygens (including phenoxy) is 5. The van der Waals surface area contributed by atoms with Gasteiger partial charge in [-0.25, -0.2) is 0 Å². The number of carbonyl (C=O) groups excluding carboxylic acids is 4. The lowest BCUT2D eigenvalue weighted by Crippen LogP contribution is -2.67. The lowest BCUT2D eigenvalue weighted by atomic mass is 9.96. The van der Waals surface area contributed by atoms with E-state index in [4.69, 9.17) is 23.7 Å². The number of esters is 3. The van der Waals surface area contributed by atoms with Gasteiger partial charge in [-0.05, 0) is 18.2 Å². The van der Waals surface area contributed by atoms with Gasteiger partial charge in [0.15, 0.2) is 12.2 Å². The fourth-order valence-electron chi connectivity index (χ4n) is 3.52. The van der Waals surface area contributed by atoms with Crippen molar-refractivity contribution in [3.63, 3.8) is 0 Å². The number of carbonyl (C=O) groups is 4. The number of halogens is 6. The Morgan fingerprint density at radius 3 is 1.74 bits per heavy atom. The highest BCUT2D eigenvalue weighted by atomic mass is 19.4. The van der Waals surface area contributed by atoms with Crippen molar-refractivity contribution in [3.05, 3.63) is 29.3 Å². The summed E-state index contributed by atoms with van der Waals surface area (Å²) in [6.45, 7) is 3.28. The zero-order valence-corrected chi connectivity index (χ0v) is 20.3. The van der Waals surface area contributed by atoms with Gasteiger partial charge in [0, 0.05) is 27.7 Å². The third kappa shape index (κ3) is 8.49. The van der Waals surface area contributed by atoms with Gasteiger partial charge >= 0.3 is 30.3 Å². The maximum absolute atomic E-state index is 13.3. The van der Waals surface area contributed by atoms with Crippen LogP contribution in [0.5, 0.6) is 5.75 Å². The van der Waals surface area contributed by atoms with E-state index in [1.54, 1.807) is 0 Å². The fraction of sp³-hybridized carbons (Fsp3) is 0.545. The molecule has 1 aliphatic rings. The number of amides is 1. The number of rotatable bonds is 7. The van der Waals surface area contributed by atoms with Gasteiger partial charge in [-0.15, -0.1) is 0 Å². The van der Waals surface area contributed by atoms with E-state index in [9.17, 15) is 45.5 Å². The maximum atomic E-state index is 13.3. The molecule has 0 spiro atoms. The third-order valence-electron chi connectivity index (χ3n) is 4.88. The summed E-state index contributed by atoms with van der Waals surface area (Å²) in [5.41, 5.74) is -3.39. The molecule has 1 heterocycles. The first-order valence-electron chi connectivity index (χ1n) is 10.7. The lowest BCUT2D eigenvalue weighted by molar-refractivity contribution is -0.257. The van der Waals surface area contributed by atoms with Crippen LogP contribution in [0.2, 0.25) is 0 Å². The Balaban J connectivity index is 2.62. The summed E-state index contributed by atoms with van der Waals surface area (Å²) in [5, 5.41) is 2.28. The van der Waals surface area contributed by atoms with E-state index in [1.807, 2.05) is 0 Å². The highest BCUT2D eigenvalue weighted by Crippen LogP contribution is 2.39. The number of hydrogen-bond donors (Lipinski definition) is 1. The van der Waals surface area contributed by atoms with Crippen molar-refractivity contribution in [2.24, 2.45) is 0 Å². The summed E-state index contributed by atoms with van der Waals surface area (Å²) in [6, 6.07) is -1.20. The van der Waals surface area contributed by atoms with Gasteiger partial charge < -0.3 is 29.0 Å². The van der Waals surface area contributed by atoms with Crippen LogP contribution in [0, 0.1) is 0 Å². The number of alkyl halides is 6. The first-order valence-corrected chi connectivity index (χ1v) is 10.7. The van der Waals surface area contributed by atoms with Crippen LogP contribution in [-0.2, 0) is 50.5 Å². The second kappa shape index (κ2) is 11.9. The van der Waals surface area contributed by atoms with Crippen molar-refractivity contribution in [2.75, 3.05) is 6.61 Å². The van der Waals surface area contributed by atoms with Crippen LogP contribution in [0.4, 0.5) is 26.3 Å². The van der Waals surface area contributed by atoms with Gasteiger partial charge in [-0.3, -0.25) is 19.2 Å². The average Bonchev–Trinajstić information content (AvgIpc) is 2.74. The Morgan fingerprint density at radius 1 is 0.816 bits per heavy atom. The van der Waals surface area contributed by atoms with Crippen LogP contribution >= 0.6 is 0 Å². The van der Waals surface area contributed by atoms with Crippen LogP contribution in [-0.4, -0.2) is 61.1 Å². The van der Waals surface area contributed by atoms with Gasteiger partial charge in [0.05, 0.1) is 11.1 Å². The van der Waals surface area contributed by atoms with E-state index < -0.39 is 90.3 Å². The molecule has 1 saturated heterocycles. The predicted octanol–water partition coefficient (Wildman–Crippen LogP) is 2.76. The smallest absolute Gasteiger partial charge is 0.416 e. The summed E-state index contributed by atoms with van der Waals surface area (Å²) in [6.07, 6.45) is -17.0. The molecule has 0 saturated carbocycles. The van der Waals surface area contributed by atoms with E-state index in [-0.39, 0.29) is 18.2 Å². The molecule has 0 aliphatic carbocycles. The highest BCUT2D eigenvalue weighted by Gasteiger charge is 2.52. The van der Waals surface area contributed by atoms with Crippen molar-refractivity contribution in [3.8, 4) is 5.75 Å². The van der Waals surface area contributed by atoms with Crippen LogP contribution in [0.25, 0.3) is 0 Å². The summed E-state index contributed by atoms with van der Waals surface area (Å²) in [7, 11) is 0. The van der Waals surface area contributed by atoms with Gasteiger partial charge in [0.25, 0.3) is 0 Å². The Hall–Kier alpha value is -3.56. The second-order valence-electron chi connectivity index (χ2n) is 8.08. The molecule has 1 aliphatic heterocycles. The standard InChI is InChI=1S/C22H23F6NO9/c1-9(30)29-17-19(36-12(4)33)18(35-11(3)32)16(8-34-10(2)31)38-20(17)37-15-6-13(21(23,24)25)5-14(7-15)22(26,27)28/h5-7,16-20H,8H2,1-4H3,(H,29,30)/t16-,17+,18+,19+,20-/m0/s1. The summed E-state index contributed by atoms with van der Waals surface area (Å²) in [4.78, 5) is 46.8. The number of benzene rings is 1. The minimum atomic E-state index is -5.19. The average molecular weight is 559 g/mol. The Kier molecular flexibility index (Phi) is 9.58. The molecular formula is C22H23F6NO9. The molecule has 1 aromatic rings. The van der Waals surface area contributed by atoms with E-state index >= 15 is 0 Å². The predicted molar refractivity (Wildman–Crippen MR) is 111 cm³/mol. The zero-order chi connectivity index (χ0) is 29.0. The molecule has 16 heteroatoms. The van der Waals surface area contributed by atoms with Gasteiger partial charge in [0.2, 0.25) is 12.2 Å². The van der Waals surface area contributed by atoms with Gasteiger partial charge in [-0.1, -0.05) is 0 Å². The molecule has 1 aromatic carbocycles. The molecule has 2 rings (SSSR count). The van der Waals surface area contributed by atoms with Crippen LogP contribution in [0.3, 0.4) is 0 Å². The first-order chi connectivity index (χ1) is 17.4. The molecule has 10 nitrogen and oxygen atoms in total. The minimum Gasteiger partial charge on any atom is -0.463 e. The van der Waals surface area contributed by atoms with Crippen molar-refractivity contribution in [1.82, 2.24) is 5.32 Å². The molecule has 1 amide bonds. The third-order valence-corrected chi connectivity index (χ3v) is 4.88. The number of nitrogens with one attached hydrogen (secondary N) is 1. The minimum absolute atomic E-state index is 0.123. The van der Waals surface area contributed by atoms with E-state index in [0.717, 1.165) is 27.7 Å². The molecular weight excluding hydrogens is 536 g/mol. The van der Waals surface area contributed by atoms with Crippen molar-refractivity contribution < 1.29 is 69.2 Å². The fourth-order valence-corrected chi connectivity index (χ4v) is 3.52. The molecule has 5 atom stereocenters. The summed E-state index contributed by atoms with van der Waals surface area (Å²) in [5.74, 6) is -4.48. The van der Waals surface area contributed by atoms with Gasteiger partial charge in [-0.2, -0.15) is 26.3 Å². The van der Waals surface area contributed by atoms with Crippen molar-refractivity contribution >= 4 is 23.8 Å². The molecule has 0 aromatic heterocycles. The molecule has 1 N–H and O–H groups in total. The Morgan fingerprint density at radius 2 is 1.32 bits per heavy atom. The molecule has 212 valence electrons. The molecule has 0 unspecified atom stereocenters. The van der Waals surface area contributed by atoms with E-state index in [2.05, 4.69) is 5.32 Å². The van der Waals surface area contributed by atoms with E-state index in [1.165, 1.54) is 0 Å². The molecule has 1 fully saturated rings. The van der Waals surface area contributed by atoms with Crippen molar-refractivity contribution in [1.29, 1.82) is 0 Å². The first kappa shape index (κ1) is 30.7. The summed E-state index contributed by atoms with van der Waals surface area (Å²) >= 11 is 0. The maximum Gasteiger partial charge on any atom is 0.416 e. The highest BCUT2D eigenvalue weighted by molar-refractivity contribution is 5.73. The topological polar surface area (TPSA) is 126 Å². The lowest BCUT2D eigenvalue weighted by Gasteiger charge is -2.44. The van der Waals surface area contributed by atoms with Crippen LogP contribution < -0.4 is 10.1 Å². The number of hydrogen-bond acceptors (Lipinski definition) is 9. The zero-order valence-electron chi connectivity index (χ0n) is 20.3. The van der Waals surface area contributed by atoms with Crippen LogP contribution in [0.15, 0.2) is 18.2 Å². The van der Waals surface area contributed by atoms with Gasteiger partial charge in [0.1, 0.15) is 24.5 Å².